The Labute approximate surface area is 139 Å². The van der Waals surface area contributed by atoms with Crippen LogP contribution in [-0.4, -0.2) is 38.4 Å². The molecule has 1 fully saturated rings. The van der Waals surface area contributed by atoms with Crippen molar-refractivity contribution in [1.29, 1.82) is 0 Å². The maximum Gasteiger partial charge on any atom is 0.184 e. The Balaban J connectivity index is 1.89. The summed E-state index contributed by atoms with van der Waals surface area (Å²) in [6.45, 7) is 2.00. The van der Waals surface area contributed by atoms with E-state index < -0.39 is 5.79 Å². The fourth-order valence-electron chi connectivity index (χ4n) is 2.43. The van der Waals surface area contributed by atoms with Gasteiger partial charge in [-0.25, -0.2) is 9.98 Å². The number of rotatable bonds is 5. The summed E-state index contributed by atoms with van der Waals surface area (Å²) in [6, 6.07) is 0.495. The predicted molar refractivity (Wildman–Crippen MR) is 93.9 cm³/mol. The van der Waals surface area contributed by atoms with Gasteiger partial charge in [-0.3, -0.25) is 10.7 Å². The lowest BCUT2D eigenvalue weighted by atomic mass is 10.1. The second-order valence-corrected chi connectivity index (χ2v) is 6.28. The van der Waals surface area contributed by atoms with Crippen LogP contribution in [0.1, 0.15) is 25.5 Å². The molecule has 9 heteroatoms. The first-order valence-electron chi connectivity index (χ1n) is 7.38. The molecule has 2 aliphatic rings. The normalized spacial score (nSPS) is 24.1. The maximum atomic E-state index is 5.38. The smallest absolute Gasteiger partial charge is 0.184 e. The molecule has 3 rings (SSSR count). The summed E-state index contributed by atoms with van der Waals surface area (Å²) in [5.41, 5.74) is 10.5. The Morgan fingerprint density at radius 2 is 2.39 bits per heavy atom. The molecule has 1 atom stereocenters. The largest absolute Gasteiger partial charge is 0.375 e. The van der Waals surface area contributed by atoms with Gasteiger partial charge < -0.3 is 15.6 Å². The summed E-state index contributed by atoms with van der Waals surface area (Å²) in [6.07, 6.45) is 9.44. The van der Waals surface area contributed by atoms with Gasteiger partial charge in [0.1, 0.15) is 0 Å². The molecule has 0 saturated heterocycles. The summed E-state index contributed by atoms with van der Waals surface area (Å²) < 4.78 is 1.93. The molecule has 8 nitrogen and oxygen atoms in total. The van der Waals surface area contributed by atoms with Gasteiger partial charge in [0.15, 0.2) is 10.9 Å². The Morgan fingerprint density at radius 1 is 1.61 bits per heavy atom. The highest BCUT2D eigenvalue weighted by Gasteiger charge is 2.34. The van der Waals surface area contributed by atoms with E-state index >= 15 is 0 Å². The number of nitrogens with zero attached hydrogens (tertiary/aromatic N) is 4. The lowest BCUT2D eigenvalue weighted by Crippen LogP contribution is -2.55. The van der Waals surface area contributed by atoms with Crippen LogP contribution in [0.2, 0.25) is 0 Å². The van der Waals surface area contributed by atoms with Crippen LogP contribution >= 0.6 is 12.2 Å². The van der Waals surface area contributed by atoms with Gasteiger partial charge in [0.05, 0.1) is 35.8 Å². The van der Waals surface area contributed by atoms with Crippen LogP contribution in [0.25, 0.3) is 0 Å². The van der Waals surface area contributed by atoms with Crippen molar-refractivity contribution in [1.82, 2.24) is 25.6 Å². The second-order valence-electron chi connectivity index (χ2n) is 5.84. The first-order chi connectivity index (χ1) is 11.0. The number of hydrazone groups is 1. The van der Waals surface area contributed by atoms with E-state index in [2.05, 4.69) is 26.1 Å². The van der Waals surface area contributed by atoms with E-state index in [-0.39, 0.29) is 5.11 Å². The third-order valence-electron chi connectivity index (χ3n) is 3.54. The van der Waals surface area contributed by atoms with E-state index in [0.29, 0.717) is 6.04 Å². The molecule has 0 spiro atoms. The molecular weight excluding hydrogens is 312 g/mol. The number of imidazole rings is 1. The van der Waals surface area contributed by atoms with Gasteiger partial charge in [-0.2, -0.15) is 5.10 Å². The van der Waals surface area contributed by atoms with Crippen LogP contribution in [0.4, 0.5) is 0 Å². The number of hydrogen-bond acceptors (Lipinski definition) is 6. The Bertz CT molecular complexity index is 699. The van der Waals surface area contributed by atoms with E-state index in [0.717, 1.165) is 17.1 Å². The van der Waals surface area contributed by atoms with Crippen LogP contribution in [0.3, 0.4) is 0 Å². The van der Waals surface area contributed by atoms with Crippen molar-refractivity contribution in [3.8, 4) is 0 Å². The first-order valence-corrected chi connectivity index (χ1v) is 7.79. The van der Waals surface area contributed by atoms with E-state index in [4.69, 9.17) is 22.9 Å². The van der Waals surface area contributed by atoms with Crippen LogP contribution in [0, 0.1) is 0 Å². The fraction of sp³-hybridized carbons (Fsp3) is 0.429. The van der Waals surface area contributed by atoms with Gasteiger partial charge >= 0.3 is 0 Å². The summed E-state index contributed by atoms with van der Waals surface area (Å²) >= 11 is 4.74. The topological polar surface area (TPSA) is 105 Å². The van der Waals surface area contributed by atoms with Crippen molar-refractivity contribution in [3.05, 3.63) is 30.0 Å². The van der Waals surface area contributed by atoms with E-state index in [9.17, 15) is 0 Å². The van der Waals surface area contributed by atoms with Gasteiger partial charge in [-0.1, -0.05) is 0 Å². The van der Waals surface area contributed by atoms with Gasteiger partial charge in [0, 0.05) is 13.1 Å². The van der Waals surface area contributed by atoms with Crippen molar-refractivity contribution < 1.29 is 0 Å². The minimum atomic E-state index is -0.597. The molecule has 1 aliphatic heterocycles. The number of allylic oxidation sites excluding steroid dienone is 2. The van der Waals surface area contributed by atoms with Crippen LogP contribution in [0.5, 0.6) is 0 Å². The molecule has 1 saturated carbocycles. The second kappa shape index (κ2) is 6.09. The van der Waals surface area contributed by atoms with Gasteiger partial charge in [0.25, 0.3) is 0 Å². The van der Waals surface area contributed by atoms with Crippen molar-refractivity contribution in [2.24, 2.45) is 22.9 Å². The lowest BCUT2D eigenvalue weighted by Gasteiger charge is -2.33. The first kappa shape index (κ1) is 15.6. The Morgan fingerprint density at radius 3 is 3.00 bits per heavy atom. The molecule has 1 aliphatic carbocycles. The summed E-state index contributed by atoms with van der Waals surface area (Å²) in [4.78, 5) is 8.98. The van der Waals surface area contributed by atoms with E-state index in [1.807, 2.05) is 24.6 Å². The molecule has 0 radical (unpaired) electrons. The number of aliphatic imine (C=N–C) groups is 1. The molecule has 0 aromatic carbocycles. The quantitative estimate of drug-likeness (QED) is 0.342. The molecule has 122 valence electrons. The van der Waals surface area contributed by atoms with Crippen LogP contribution in [-0.2, 0) is 7.05 Å². The SMILES string of the molecule is Cn1cncc1C1=NC(C)(NC2CC2)NC(C=NNC(N)=S)=C1. The van der Waals surface area contributed by atoms with Crippen LogP contribution in [0.15, 0.2) is 34.4 Å². The standard InChI is InChI=1S/C14H20N8S/c1-14(18-9-3-4-9)19-10(6-17-21-13(15)23)5-11(20-14)12-7-16-8-22(12)2/h5-9,18-19H,3-4H2,1-2H3,(H3,15,21,23). The minimum absolute atomic E-state index is 0.122. The number of nitrogens with one attached hydrogen (secondary N) is 3. The number of aryl methyl sites for hydroxylation is 1. The third kappa shape index (κ3) is 3.93. The third-order valence-corrected chi connectivity index (χ3v) is 3.64. The van der Waals surface area contributed by atoms with Crippen LogP contribution < -0.4 is 21.8 Å². The van der Waals surface area contributed by atoms with Crippen molar-refractivity contribution in [2.75, 3.05) is 0 Å². The summed E-state index contributed by atoms with van der Waals surface area (Å²) in [7, 11) is 1.94. The number of thiocarbonyl (C=S) groups is 1. The zero-order chi connectivity index (χ0) is 16.4. The van der Waals surface area contributed by atoms with Crippen molar-refractivity contribution in [2.45, 2.75) is 31.6 Å². The van der Waals surface area contributed by atoms with Gasteiger partial charge in [-0.05, 0) is 38.1 Å². The monoisotopic (exact) mass is 332 g/mol. The highest BCUT2D eigenvalue weighted by atomic mass is 32.1. The van der Waals surface area contributed by atoms with Crippen molar-refractivity contribution >= 4 is 29.3 Å². The molecule has 1 aromatic rings. The zero-order valence-corrected chi connectivity index (χ0v) is 13.9. The Hall–Kier alpha value is -2.26. The number of nitrogens with two attached hydrogens (primary N) is 1. The van der Waals surface area contributed by atoms with E-state index in [1.165, 1.54) is 12.8 Å². The highest BCUT2D eigenvalue weighted by molar-refractivity contribution is 7.80. The molecule has 1 unspecified atom stereocenters. The zero-order valence-electron chi connectivity index (χ0n) is 13.1. The predicted octanol–water partition coefficient (Wildman–Crippen LogP) is -0.0590. The Kier molecular flexibility index (Phi) is 4.14. The molecule has 2 heterocycles. The molecule has 0 bridgehead atoms. The number of hydrogen-bond donors (Lipinski definition) is 4. The molecule has 0 amide bonds. The lowest BCUT2D eigenvalue weighted by molar-refractivity contribution is 0.320. The minimum Gasteiger partial charge on any atom is -0.375 e. The summed E-state index contributed by atoms with van der Waals surface area (Å²) in [5, 5.41) is 11.0. The molecule has 5 N–H and O–H groups in total. The van der Waals surface area contributed by atoms with E-state index in [1.54, 1.807) is 18.7 Å². The van der Waals surface area contributed by atoms with Crippen molar-refractivity contribution in [3.63, 3.8) is 0 Å². The number of aromatic nitrogens is 2. The summed E-state index contributed by atoms with van der Waals surface area (Å²) in [5.74, 6) is -0.597. The average Bonchev–Trinajstić information content (AvgIpc) is 3.15. The van der Waals surface area contributed by atoms with Gasteiger partial charge in [0.2, 0.25) is 0 Å². The highest BCUT2D eigenvalue weighted by Crippen LogP contribution is 2.24. The molecular formula is C14H20N8S. The average molecular weight is 332 g/mol. The molecule has 23 heavy (non-hydrogen) atoms. The maximum absolute atomic E-state index is 5.38. The molecule has 1 aromatic heterocycles. The van der Waals surface area contributed by atoms with Gasteiger partial charge in [-0.15, -0.1) is 0 Å². The fourth-order valence-corrected chi connectivity index (χ4v) is 2.48.